The van der Waals surface area contributed by atoms with Crippen LogP contribution in [0, 0.1) is 5.82 Å². The van der Waals surface area contributed by atoms with Crippen LogP contribution in [0.3, 0.4) is 0 Å². The summed E-state index contributed by atoms with van der Waals surface area (Å²) in [4.78, 5) is 11.9. The molecule has 0 saturated heterocycles. The van der Waals surface area contributed by atoms with Crippen LogP contribution >= 0.6 is 22.9 Å². The molecule has 4 nitrogen and oxygen atoms in total. The van der Waals surface area contributed by atoms with Gasteiger partial charge in [-0.05, 0) is 25.0 Å². The number of halogens is 2. The van der Waals surface area contributed by atoms with Crippen LogP contribution in [0.15, 0.2) is 18.2 Å². The summed E-state index contributed by atoms with van der Waals surface area (Å²) in [5, 5.41) is 12.2. The number of amides is 1. The number of carbonyl (C=O) groups excluding carboxylic acids is 1. The lowest BCUT2D eigenvalue weighted by Crippen LogP contribution is -2.15. The molecule has 1 aromatic carbocycles. The van der Waals surface area contributed by atoms with E-state index in [1.165, 1.54) is 23.5 Å². The Balaban J connectivity index is 1.66. The van der Waals surface area contributed by atoms with Crippen LogP contribution in [0.5, 0.6) is 0 Å². The number of hydrogen-bond donors (Lipinski definition) is 1. The Bertz CT molecular complexity index is 637. The molecule has 104 valence electrons. The minimum absolute atomic E-state index is 0.121. The smallest absolute Gasteiger partial charge is 0.230 e. The molecule has 1 amide bonds. The van der Waals surface area contributed by atoms with E-state index in [0.717, 1.165) is 17.8 Å². The molecule has 1 aliphatic carbocycles. The first kappa shape index (κ1) is 13.5. The van der Waals surface area contributed by atoms with Crippen LogP contribution < -0.4 is 5.32 Å². The average Bonchev–Trinajstić information content (AvgIpc) is 3.15. The standard InChI is InChI=1S/C13H11ClFN3OS/c14-9-2-1-3-10(15)8(9)6-11(19)16-13-18-17-12(20-13)7-4-5-7/h1-3,7H,4-6H2,(H,16,18,19). The first-order chi connectivity index (χ1) is 9.63. The van der Waals surface area contributed by atoms with Crippen molar-refractivity contribution in [3.05, 3.63) is 39.6 Å². The lowest BCUT2D eigenvalue weighted by molar-refractivity contribution is -0.115. The van der Waals surface area contributed by atoms with Gasteiger partial charge in [0.2, 0.25) is 11.0 Å². The van der Waals surface area contributed by atoms with Crippen LogP contribution in [0.25, 0.3) is 0 Å². The van der Waals surface area contributed by atoms with Crippen molar-refractivity contribution in [2.75, 3.05) is 5.32 Å². The molecule has 1 aromatic heterocycles. The van der Waals surface area contributed by atoms with Gasteiger partial charge in [-0.1, -0.05) is 29.0 Å². The Morgan fingerprint density at radius 1 is 1.45 bits per heavy atom. The minimum Gasteiger partial charge on any atom is -0.300 e. The van der Waals surface area contributed by atoms with Crippen molar-refractivity contribution in [3.63, 3.8) is 0 Å². The summed E-state index contributed by atoms with van der Waals surface area (Å²) in [6.07, 6.45) is 2.14. The Morgan fingerprint density at radius 2 is 2.25 bits per heavy atom. The normalized spacial score (nSPS) is 14.3. The number of aromatic nitrogens is 2. The van der Waals surface area contributed by atoms with Gasteiger partial charge in [0, 0.05) is 16.5 Å². The lowest BCUT2D eigenvalue weighted by Gasteiger charge is -2.05. The number of hydrogen-bond acceptors (Lipinski definition) is 4. The third kappa shape index (κ3) is 2.96. The number of carbonyl (C=O) groups is 1. The Labute approximate surface area is 124 Å². The van der Waals surface area contributed by atoms with Gasteiger partial charge >= 0.3 is 0 Å². The van der Waals surface area contributed by atoms with Gasteiger partial charge in [-0.15, -0.1) is 10.2 Å². The SMILES string of the molecule is O=C(Cc1c(F)cccc1Cl)Nc1nnc(C2CC2)s1. The predicted molar refractivity (Wildman–Crippen MR) is 75.6 cm³/mol. The first-order valence-electron chi connectivity index (χ1n) is 6.19. The number of rotatable bonds is 4. The monoisotopic (exact) mass is 311 g/mol. The quantitative estimate of drug-likeness (QED) is 0.941. The maximum atomic E-state index is 13.6. The van der Waals surface area contributed by atoms with Crippen molar-refractivity contribution < 1.29 is 9.18 Å². The summed E-state index contributed by atoms with van der Waals surface area (Å²) in [7, 11) is 0. The van der Waals surface area contributed by atoms with Gasteiger partial charge in [0.15, 0.2) is 0 Å². The molecule has 1 heterocycles. The highest BCUT2D eigenvalue weighted by atomic mass is 35.5. The van der Waals surface area contributed by atoms with Crippen molar-refractivity contribution in [1.82, 2.24) is 10.2 Å². The summed E-state index contributed by atoms with van der Waals surface area (Å²) >= 11 is 7.26. The molecule has 1 N–H and O–H groups in total. The number of benzene rings is 1. The summed E-state index contributed by atoms with van der Waals surface area (Å²) in [5.74, 6) is -0.335. The van der Waals surface area contributed by atoms with E-state index in [0.29, 0.717) is 11.0 Å². The Hall–Kier alpha value is -1.53. The van der Waals surface area contributed by atoms with Crippen LogP contribution in [0.4, 0.5) is 9.52 Å². The molecule has 2 aromatic rings. The Kier molecular flexibility index (Phi) is 3.67. The van der Waals surface area contributed by atoms with Gasteiger partial charge in [0.1, 0.15) is 10.8 Å². The first-order valence-corrected chi connectivity index (χ1v) is 7.39. The second-order valence-corrected chi connectivity index (χ2v) is 6.06. The topological polar surface area (TPSA) is 54.9 Å². The van der Waals surface area contributed by atoms with Crippen LogP contribution in [-0.4, -0.2) is 16.1 Å². The average molecular weight is 312 g/mol. The molecule has 1 saturated carbocycles. The second kappa shape index (κ2) is 5.46. The van der Waals surface area contributed by atoms with Gasteiger partial charge in [-0.2, -0.15) is 0 Å². The molecule has 0 unspecified atom stereocenters. The van der Waals surface area contributed by atoms with Gasteiger partial charge in [0.05, 0.1) is 6.42 Å². The molecule has 0 atom stereocenters. The van der Waals surface area contributed by atoms with Crippen LogP contribution in [0.1, 0.15) is 29.3 Å². The van der Waals surface area contributed by atoms with Crippen molar-refractivity contribution >= 4 is 34.0 Å². The van der Waals surface area contributed by atoms with E-state index in [1.54, 1.807) is 6.07 Å². The van der Waals surface area contributed by atoms with E-state index in [1.807, 2.05) is 0 Å². The zero-order chi connectivity index (χ0) is 14.1. The van der Waals surface area contributed by atoms with Gasteiger partial charge in [-0.25, -0.2) is 4.39 Å². The van der Waals surface area contributed by atoms with Crippen LogP contribution in [-0.2, 0) is 11.2 Å². The molecular weight excluding hydrogens is 301 g/mol. The fourth-order valence-electron chi connectivity index (χ4n) is 1.81. The molecule has 0 radical (unpaired) electrons. The van der Waals surface area contributed by atoms with E-state index in [2.05, 4.69) is 15.5 Å². The second-order valence-electron chi connectivity index (χ2n) is 4.64. The predicted octanol–water partition coefficient (Wildman–Crippen LogP) is 3.39. The zero-order valence-electron chi connectivity index (χ0n) is 10.4. The molecule has 3 rings (SSSR count). The maximum absolute atomic E-state index is 13.6. The largest absolute Gasteiger partial charge is 0.300 e. The number of nitrogens with one attached hydrogen (secondary N) is 1. The van der Waals surface area contributed by atoms with Crippen molar-refractivity contribution in [2.45, 2.75) is 25.2 Å². The van der Waals surface area contributed by atoms with E-state index in [-0.39, 0.29) is 22.9 Å². The summed E-state index contributed by atoms with van der Waals surface area (Å²) in [5.41, 5.74) is 0.193. The fourth-order valence-corrected chi connectivity index (χ4v) is 2.96. The molecule has 0 bridgehead atoms. The van der Waals surface area contributed by atoms with E-state index in [9.17, 15) is 9.18 Å². The zero-order valence-corrected chi connectivity index (χ0v) is 12.0. The van der Waals surface area contributed by atoms with Crippen molar-refractivity contribution in [2.24, 2.45) is 0 Å². The molecule has 20 heavy (non-hydrogen) atoms. The molecule has 7 heteroatoms. The van der Waals surface area contributed by atoms with E-state index in [4.69, 9.17) is 11.6 Å². The highest BCUT2D eigenvalue weighted by Crippen LogP contribution is 2.42. The third-order valence-corrected chi connectivity index (χ3v) is 4.37. The highest BCUT2D eigenvalue weighted by Gasteiger charge is 2.27. The molecule has 1 fully saturated rings. The van der Waals surface area contributed by atoms with Gasteiger partial charge in [0.25, 0.3) is 0 Å². The van der Waals surface area contributed by atoms with Crippen molar-refractivity contribution in [1.29, 1.82) is 0 Å². The minimum atomic E-state index is -0.483. The maximum Gasteiger partial charge on any atom is 0.230 e. The van der Waals surface area contributed by atoms with Gasteiger partial charge in [-0.3, -0.25) is 4.79 Å². The number of nitrogens with zero attached hydrogens (tertiary/aromatic N) is 2. The van der Waals surface area contributed by atoms with E-state index < -0.39 is 5.82 Å². The van der Waals surface area contributed by atoms with Gasteiger partial charge < -0.3 is 5.32 Å². The van der Waals surface area contributed by atoms with Crippen molar-refractivity contribution in [3.8, 4) is 0 Å². The van der Waals surface area contributed by atoms with E-state index >= 15 is 0 Å². The third-order valence-electron chi connectivity index (χ3n) is 3.01. The van der Waals surface area contributed by atoms with Crippen LogP contribution in [0.2, 0.25) is 5.02 Å². The summed E-state index contributed by atoms with van der Waals surface area (Å²) in [6, 6.07) is 4.35. The highest BCUT2D eigenvalue weighted by molar-refractivity contribution is 7.15. The Morgan fingerprint density at radius 3 is 2.95 bits per heavy atom. The summed E-state index contributed by atoms with van der Waals surface area (Å²) in [6.45, 7) is 0. The molecular formula is C13H11ClFN3OS. The fraction of sp³-hybridized carbons (Fsp3) is 0.308. The molecule has 0 aliphatic heterocycles. The summed E-state index contributed by atoms with van der Waals surface area (Å²) < 4.78 is 13.6. The molecule has 1 aliphatic rings. The number of anilines is 1. The lowest BCUT2D eigenvalue weighted by atomic mass is 10.1. The molecule has 0 spiro atoms.